The zero-order valence-electron chi connectivity index (χ0n) is 13.7. The summed E-state index contributed by atoms with van der Waals surface area (Å²) in [6, 6.07) is 0.692. The van der Waals surface area contributed by atoms with Gasteiger partial charge in [0.05, 0.1) is 12.2 Å². The van der Waals surface area contributed by atoms with Crippen molar-refractivity contribution in [2.24, 2.45) is 11.8 Å². The molecule has 0 amide bonds. The maximum absolute atomic E-state index is 6.11. The van der Waals surface area contributed by atoms with Crippen molar-refractivity contribution in [1.82, 2.24) is 5.32 Å². The summed E-state index contributed by atoms with van der Waals surface area (Å²) >= 11 is 0. The summed E-state index contributed by atoms with van der Waals surface area (Å²) in [6.45, 7) is 5.98. The Balaban J connectivity index is 1.54. The van der Waals surface area contributed by atoms with Gasteiger partial charge in [0.15, 0.2) is 0 Å². The molecule has 3 fully saturated rings. The van der Waals surface area contributed by atoms with Crippen molar-refractivity contribution in [2.45, 2.75) is 76.4 Å². The second-order valence-electron chi connectivity index (χ2n) is 7.48. The summed E-state index contributed by atoms with van der Waals surface area (Å²) in [6.07, 6.45) is 12.2. The fourth-order valence-corrected chi connectivity index (χ4v) is 4.75. The van der Waals surface area contributed by atoms with Crippen LogP contribution >= 0.6 is 0 Å². The van der Waals surface area contributed by atoms with Gasteiger partial charge in [0.25, 0.3) is 0 Å². The topological polar surface area (TPSA) is 30.5 Å². The molecule has 0 aromatic heterocycles. The second kappa shape index (κ2) is 7.43. The van der Waals surface area contributed by atoms with E-state index in [0.29, 0.717) is 6.04 Å². The van der Waals surface area contributed by atoms with Crippen molar-refractivity contribution in [3.05, 3.63) is 0 Å². The van der Waals surface area contributed by atoms with Gasteiger partial charge in [0.2, 0.25) is 0 Å². The van der Waals surface area contributed by atoms with E-state index < -0.39 is 0 Å². The first-order valence-electron chi connectivity index (χ1n) is 9.26. The molecule has 3 nitrogen and oxygen atoms in total. The van der Waals surface area contributed by atoms with Crippen molar-refractivity contribution in [3.63, 3.8) is 0 Å². The fourth-order valence-electron chi connectivity index (χ4n) is 4.75. The first kappa shape index (κ1) is 15.8. The molecule has 2 aliphatic heterocycles. The van der Waals surface area contributed by atoms with E-state index >= 15 is 0 Å². The normalized spacial score (nSPS) is 35.6. The number of hydrogen-bond donors (Lipinski definition) is 1. The lowest BCUT2D eigenvalue weighted by Crippen LogP contribution is -2.47. The minimum absolute atomic E-state index is 0.0595. The Kier molecular flexibility index (Phi) is 5.58. The van der Waals surface area contributed by atoms with Crippen LogP contribution in [0, 0.1) is 11.8 Å². The summed E-state index contributed by atoms with van der Waals surface area (Å²) in [7, 11) is 0. The zero-order chi connectivity index (χ0) is 14.5. The predicted molar refractivity (Wildman–Crippen MR) is 85.5 cm³/mol. The third kappa shape index (κ3) is 4.00. The lowest BCUT2D eigenvalue weighted by molar-refractivity contribution is -0.103. The molecule has 2 saturated heterocycles. The maximum Gasteiger partial charge on any atom is 0.0939 e. The molecule has 3 unspecified atom stereocenters. The van der Waals surface area contributed by atoms with E-state index in [1.165, 1.54) is 51.4 Å². The summed E-state index contributed by atoms with van der Waals surface area (Å²) in [5, 5.41) is 3.79. The van der Waals surface area contributed by atoms with Gasteiger partial charge in [-0.2, -0.15) is 0 Å². The van der Waals surface area contributed by atoms with E-state index in [9.17, 15) is 0 Å². The average molecular weight is 295 g/mol. The van der Waals surface area contributed by atoms with Crippen LogP contribution in [-0.4, -0.2) is 38.0 Å². The third-order valence-electron chi connectivity index (χ3n) is 5.99. The molecule has 3 atom stereocenters. The van der Waals surface area contributed by atoms with E-state index in [-0.39, 0.29) is 5.60 Å². The van der Waals surface area contributed by atoms with E-state index in [0.717, 1.165) is 44.6 Å². The summed E-state index contributed by atoms with van der Waals surface area (Å²) in [5.74, 6) is 1.79. The number of rotatable bonds is 6. The van der Waals surface area contributed by atoms with Crippen LogP contribution in [0.1, 0.15) is 64.7 Å². The molecule has 1 saturated carbocycles. The summed E-state index contributed by atoms with van der Waals surface area (Å²) in [4.78, 5) is 0. The summed E-state index contributed by atoms with van der Waals surface area (Å²) in [5.41, 5.74) is 0.0595. The molecule has 2 heterocycles. The summed E-state index contributed by atoms with van der Waals surface area (Å²) < 4.78 is 11.7. The van der Waals surface area contributed by atoms with Gasteiger partial charge in [-0.05, 0) is 44.1 Å². The second-order valence-corrected chi connectivity index (χ2v) is 7.48. The smallest absolute Gasteiger partial charge is 0.0939 e. The number of hydrogen-bond acceptors (Lipinski definition) is 3. The molecule has 1 N–H and O–H groups in total. The number of ether oxygens (including phenoxy) is 2. The quantitative estimate of drug-likeness (QED) is 0.813. The molecule has 122 valence electrons. The Labute approximate surface area is 130 Å². The van der Waals surface area contributed by atoms with Crippen molar-refractivity contribution in [3.8, 4) is 0 Å². The lowest BCUT2D eigenvalue weighted by Gasteiger charge is -2.41. The molecule has 0 radical (unpaired) electrons. The Hall–Kier alpha value is -0.120. The highest BCUT2D eigenvalue weighted by Gasteiger charge is 2.42. The molecule has 1 spiro atoms. The van der Waals surface area contributed by atoms with Gasteiger partial charge in [-0.1, -0.05) is 32.6 Å². The van der Waals surface area contributed by atoms with Crippen LogP contribution in [0.4, 0.5) is 0 Å². The maximum atomic E-state index is 6.11. The molecule has 1 aliphatic carbocycles. The molecule has 0 aromatic carbocycles. The van der Waals surface area contributed by atoms with Crippen molar-refractivity contribution in [2.75, 3.05) is 26.4 Å². The molecule has 3 aliphatic rings. The Morgan fingerprint density at radius 2 is 2.05 bits per heavy atom. The highest BCUT2D eigenvalue weighted by atomic mass is 16.6. The third-order valence-corrected chi connectivity index (χ3v) is 5.99. The van der Waals surface area contributed by atoms with Crippen LogP contribution in [0.3, 0.4) is 0 Å². The van der Waals surface area contributed by atoms with Crippen molar-refractivity contribution < 1.29 is 9.47 Å². The Morgan fingerprint density at radius 1 is 1.19 bits per heavy atom. The molecule has 0 bridgehead atoms. The molecule has 0 aromatic rings. The van der Waals surface area contributed by atoms with Crippen LogP contribution in [0.2, 0.25) is 0 Å². The average Bonchev–Trinajstić information content (AvgIpc) is 3.16. The van der Waals surface area contributed by atoms with Gasteiger partial charge in [0.1, 0.15) is 0 Å². The minimum Gasteiger partial charge on any atom is -0.378 e. The first-order chi connectivity index (χ1) is 10.3. The SMILES string of the molecule is CCNC(CCC1CCCC1)C1CCOC2(CCOC2)C1. The van der Waals surface area contributed by atoms with Gasteiger partial charge in [-0.15, -0.1) is 0 Å². The fraction of sp³-hybridized carbons (Fsp3) is 1.00. The predicted octanol–water partition coefficient (Wildman–Crippen LogP) is 3.52. The highest BCUT2D eigenvalue weighted by molar-refractivity contribution is 4.93. The largest absolute Gasteiger partial charge is 0.378 e. The standard InChI is InChI=1S/C18H33NO2/c1-2-19-17(8-7-15-5-3-4-6-15)16-9-11-21-18(13-16)10-12-20-14-18/h15-17,19H,2-14H2,1H3. The monoisotopic (exact) mass is 295 g/mol. The number of nitrogens with one attached hydrogen (secondary N) is 1. The molecule has 21 heavy (non-hydrogen) atoms. The van der Waals surface area contributed by atoms with Crippen LogP contribution in [0.25, 0.3) is 0 Å². The van der Waals surface area contributed by atoms with E-state index in [1.54, 1.807) is 0 Å². The molecular weight excluding hydrogens is 262 g/mol. The van der Waals surface area contributed by atoms with E-state index in [2.05, 4.69) is 12.2 Å². The van der Waals surface area contributed by atoms with Gasteiger partial charge >= 0.3 is 0 Å². The minimum atomic E-state index is 0.0595. The Morgan fingerprint density at radius 3 is 2.76 bits per heavy atom. The van der Waals surface area contributed by atoms with Gasteiger partial charge in [-0.25, -0.2) is 0 Å². The van der Waals surface area contributed by atoms with Crippen LogP contribution in [-0.2, 0) is 9.47 Å². The van der Waals surface area contributed by atoms with Crippen molar-refractivity contribution >= 4 is 0 Å². The van der Waals surface area contributed by atoms with Gasteiger partial charge in [0, 0.05) is 25.7 Å². The van der Waals surface area contributed by atoms with Crippen LogP contribution < -0.4 is 5.32 Å². The lowest BCUT2D eigenvalue weighted by atomic mass is 9.79. The highest BCUT2D eigenvalue weighted by Crippen LogP contribution is 2.38. The first-order valence-corrected chi connectivity index (χ1v) is 9.26. The van der Waals surface area contributed by atoms with Crippen LogP contribution in [0.5, 0.6) is 0 Å². The van der Waals surface area contributed by atoms with E-state index in [4.69, 9.17) is 9.47 Å². The molecule has 3 heteroatoms. The van der Waals surface area contributed by atoms with Gasteiger partial charge < -0.3 is 14.8 Å². The van der Waals surface area contributed by atoms with Crippen LogP contribution in [0.15, 0.2) is 0 Å². The zero-order valence-corrected chi connectivity index (χ0v) is 13.7. The van der Waals surface area contributed by atoms with Gasteiger partial charge in [-0.3, -0.25) is 0 Å². The van der Waals surface area contributed by atoms with E-state index in [1.807, 2.05) is 0 Å². The van der Waals surface area contributed by atoms with Crippen molar-refractivity contribution in [1.29, 1.82) is 0 Å². The Bertz CT molecular complexity index is 308. The molecular formula is C18H33NO2. The molecule has 3 rings (SSSR count).